The van der Waals surface area contributed by atoms with Crippen LogP contribution in [-0.4, -0.2) is 34.3 Å². The minimum absolute atomic E-state index is 0.0236. The average molecular weight is 338 g/mol. The number of hydrogen-bond acceptors (Lipinski definition) is 3. The average Bonchev–Trinajstić information content (AvgIpc) is 3.20. The molecule has 2 heterocycles. The minimum Gasteiger partial charge on any atom is -0.346 e. The molecule has 1 aromatic heterocycles. The fourth-order valence-corrected chi connectivity index (χ4v) is 4.00. The second-order valence-corrected chi connectivity index (χ2v) is 7.34. The van der Waals surface area contributed by atoms with Crippen LogP contribution in [0.1, 0.15) is 53.5 Å². The van der Waals surface area contributed by atoms with Crippen molar-refractivity contribution in [2.24, 2.45) is 0 Å². The molecule has 0 bridgehead atoms. The minimum atomic E-state index is -0.0236. The van der Waals surface area contributed by atoms with Gasteiger partial charge in [0.15, 0.2) is 5.69 Å². The number of piperidine rings is 1. The fourth-order valence-electron chi connectivity index (χ4n) is 4.00. The van der Waals surface area contributed by atoms with Crippen LogP contribution in [0.3, 0.4) is 0 Å². The summed E-state index contributed by atoms with van der Waals surface area (Å²) in [5.74, 6) is -0.0236. The molecule has 2 aliphatic rings. The summed E-state index contributed by atoms with van der Waals surface area (Å²) in [6.07, 6.45) is 5.17. The lowest BCUT2D eigenvalue weighted by Crippen LogP contribution is -2.52. The highest BCUT2D eigenvalue weighted by molar-refractivity contribution is 5.94. The van der Waals surface area contributed by atoms with Crippen LogP contribution in [0.15, 0.2) is 24.3 Å². The number of benzene rings is 1. The molecule has 4 rings (SSSR count). The Labute approximate surface area is 148 Å². The second kappa shape index (κ2) is 6.64. The first-order valence-electron chi connectivity index (χ1n) is 9.35. The van der Waals surface area contributed by atoms with Gasteiger partial charge in [-0.1, -0.05) is 17.7 Å². The maximum Gasteiger partial charge on any atom is 0.272 e. The molecule has 0 radical (unpaired) electrons. The number of amides is 1. The fraction of sp³-hybridized carbons (Fsp3) is 0.500. The number of nitrogens with one attached hydrogen (secondary N) is 2. The van der Waals surface area contributed by atoms with Gasteiger partial charge in [0.25, 0.3) is 5.91 Å². The molecule has 2 unspecified atom stereocenters. The highest BCUT2D eigenvalue weighted by Gasteiger charge is 2.29. The molecule has 0 spiro atoms. The largest absolute Gasteiger partial charge is 0.346 e. The third-order valence-electron chi connectivity index (χ3n) is 5.50. The SMILES string of the molecule is Cc1ccc(-n2nc(C(=O)NC3CCCNC3C)c3c2CCC3)cc1. The predicted octanol–water partition coefficient (Wildman–Crippen LogP) is 2.54. The zero-order chi connectivity index (χ0) is 17.4. The Morgan fingerprint density at radius 1 is 1.24 bits per heavy atom. The van der Waals surface area contributed by atoms with Crippen molar-refractivity contribution in [3.8, 4) is 5.69 Å². The predicted molar refractivity (Wildman–Crippen MR) is 98.3 cm³/mol. The molecule has 1 aromatic carbocycles. The van der Waals surface area contributed by atoms with Crippen molar-refractivity contribution in [1.82, 2.24) is 20.4 Å². The van der Waals surface area contributed by atoms with Gasteiger partial charge in [-0.2, -0.15) is 5.10 Å². The van der Waals surface area contributed by atoms with Gasteiger partial charge in [0.05, 0.1) is 5.69 Å². The van der Waals surface area contributed by atoms with Crippen molar-refractivity contribution in [3.63, 3.8) is 0 Å². The van der Waals surface area contributed by atoms with E-state index < -0.39 is 0 Å². The van der Waals surface area contributed by atoms with Crippen molar-refractivity contribution < 1.29 is 4.79 Å². The highest BCUT2D eigenvalue weighted by atomic mass is 16.2. The normalized spacial score (nSPS) is 22.6. The second-order valence-electron chi connectivity index (χ2n) is 7.34. The molecule has 0 saturated carbocycles. The molecule has 1 amide bonds. The summed E-state index contributed by atoms with van der Waals surface area (Å²) in [4.78, 5) is 12.9. The van der Waals surface area contributed by atoms with Gasteiger partial charge >= 0.3 is 0 Å². The molecule has 132 valence electrons. The lowest BCUT2D eigenvalue weighted by molar-refractivity contribution is 0.0913. The number of nitrogens with zero attached hydrogens (tertiary/aromatic N) is 2. The molecule has 2 aromatic rings. The van der Waals surface area contributed by atoms with Crippen molar-refractivity contribution in [1.29, 1.82) is 0 Å². The summed E-state index contributed by atoms with van der Waals surface area (Å²) < 4.78 is 1.97. The van der Waals surface area contributed by atoms with Gasteiger partial charge in [-0.3, -0.25) is 4.79 Å². The number of carbonyl (C=O) groups is 1. The van der Waals surface area contributed by atoms with E-state index in [0.29, 0.717) is 11.7 Å². The lowest BCUT2D eigenvalue weighted by atomic mass is 9.99. The van der Waals surface area contributed by atoms with E-state index in [9.17, 15) is 4.79 Å². The van der Waals surface area contributed by atoms with Gasteiger partial charge in [0.2, 0.25) is 0 Å². The quantitative estimate of drug-likeness (QED) is 0.904. The third-order valence-corrected chi connectivity index (χ3v) is 5.50. The van der Waals surface area contributed by atoms with Crippen LogP contribution in [0, 0.1) is 6.92 Å². The van der Waals surface area contributed by atoms with Gasteiger partial charge in [-0.05, 0) is 64.6 Å². The summed E-state index contributed by atoms with van der Waals surface area (Å²) >= 11 is 0. The Kier molecular flexibility index (Phi) is 4.34. The van der Waals surface area contributed by atoms with Gasteiger partial charge in [0, 0.05) is 23.3 Å². The van der Waals surface area contributed by atoms with E-state index >= 15 is 0 Å². The van der Waals surface area contributed by atoms with Crippen LogP contribution in [0.5, 0.6) is 0 Å². The molecule has 1 saturated heterocycles. The van der Waals surface area contributed by atoms with E-state index in [4.69, 9.17) is 5.10 Å². The van der Waals surface area contributed by atoms with Crippen LogP contribution in [0.2, 0.25) is 0 Å². The third kappa shape index (κ3) is 3.09. The number of rotatable bonds is 3. The van der Waals surface area contributed by atoms with E-state index in [0.717, 1.165) is 49.9 Å². The Bertz CT molecular complexity index is 778. The molecule has 2 atom stereocenters. The number of fused-ring (bicyclic) bond motifs is 1. The number of aromatic nitrogens is 2. The zero-order valence-electron chi connectivity index (χ0n) is 15.0. The van der Waals surface area contributed by atoms with Gasteiger partial charge < -0.3 is 10.6 Å². The molecular formula is C20H26N4O. The van der Waals surface area contributed by atoms with E-state index in [1.165, 1.54) is 11.3 Å². The number of carbonyl (C=O) groups excluding carboxylic acids is 1. The number of hydrogen-bond donors (Lipinski definition) is 2. The molecule has 2 N–H and O–H groups in total. The molecule has 1 aliphatic heterocycles. The zero-order valence-corrected chi connectivity index (χ0v) is 15.0. The first kappa shape index (κ1) is 16.3. The van der Waals surface area contributed by atoms with Gasteiger partial charge in [0.1, 0.15) is 0 Å². The van der Waals surface area contributed by atoms with Crippen LogP contribution in [0.4, 0.5) is 0 Å². The smallest absolute Gasteiger partial charge is 0.272 e. The standard InChI is InChI=1S/C20H26N4O/c1-13-8-10-15(11-9-13)24-18-7-3-5-16(18)19(23-24)20(25)22-17-6-4-12-21-14(17)2/h8-11,14,17,21H,3-7,12H2,1-2H3,(H,22,25). The molecule has 5 nitrogen and oxygen atoms in total. The molecule has 1 fully saturated rings. The summed E-state index contributed by atoms with van der Waals surface area (Å²) in [6, 6.07) is 8.83. The summed E-state index contributed by atoms with van der Waals surface area (Å²) in [6.45, 7) is 5.25. The van der Waals surface area contributed by atoms with Crippen molar-refractivity contribution in [2.45, 2.75) is 58.0 Å². The van der Waals surface area contributed by atoms with Crippen molar-refractivity contribution >= 4 is 5.91 Å². The Morgan fingerprint density at radius 2 is 2.04 bits per heavy atom. The van der Waals surface area contributed by atoms with Crippen LogP contribution in [0.25, 0.3) is 5.69 Å². The summed E-state index contributed by atoms with van der Waals surface area (Å²) in [5, 5.41) is 11.4. The van der Waals surface area contributed by atoms with E-state index in [1.54, 1.807) is 0 Å². The van der Waals surface area contributed by atoms with Crippen molar-refractivity contribution in [2.75, 3.05) is 6.54 Å². The van der Waals surface area contributed by atoms with E-state index in [1.807, 2.05) is 4.68 Å². The number of aryl methyl sites for hydroxylation is 1. The first-order chi connectivity index (χ1) is 12.1. The van der Waals surface area contributed by atoms with Crippen molar-refractivity contribution in [3.05, 3.63) is 46.8 Å². The van der Waals surface area contributed by atoms with Gasteiger partial charge in [-0.15, -0.1) is 0 Å². The maximum absolute atomic E-state index is 12.9. The summed E-state index contributed by atoms with van der Waals surface area (Å²) in [7, 11) is 0. The topological polar surface area (TPSA) is 59.0 Å². The lowest BCUT2D eigenvalue weighted by Gasteiger charge is -2.30. The summed E-state index contributed by atoms with van der Waals surface area (Å²) in [5.41, 5.74) is 5.21. The molecule has 25 heavy (non-hydrogen) atoms. The van der Waals surface area contributed by atoms with E-state index in [-0.39, 0.29) is 11.9 Å². The Hall–Kier alpha value is -2.14. The van der Waals surface area contributed by atoms with Gasteiger partial charge in [-0.25, -0.2) is 4.68 Å². The van der Waals surface area contributed by atoms with Crippen LogP contribution in [-0.2, 0) is 12.8 Å². The van der Waals surface area contributed by atoms with E-state index in [2.05, 4.69) is 48.7 Å². The Balaban J connectivity index is 1.63. The monoisotopic (exact) mass is 338 g/mol. The molecule has 5 heteroatoms. The Morgan fingerprint density at radius 3 is 2.80 bits per heavy atom. The molecular weight excluding hydrogens is 312 g/mol. The maximum atomic E-state index is 12.9. The van der Waals surface area contributed by atoms with Crippen LogP contribution < -0.4 is 10.6 Å². The molecule has 1 aliphatic carbocycles. The first-order valence-corrected chi connectivity index (χ1v) is 9.35. The van der Waals surface area contributed by atoms with Crippen LogP contribution >= 0.6 is 0 Å². The highest BCUT2D eigenvalue weighted by Crippen LogP contribution is 2.28.